The van der Waals surface area contributed by atoms with Crippen molar-refractivity contribution in [1.82, 2.24) is 0 Å². The van der Waals surface area contributed by atoms with Gasteiger partial charge in [-0.1, -0.05) is 0 Å². The second-order valence-corrected chi connectivity index (χ2v) is 1.55. The van der Waals surface area contributed by atoms with Crippen LogP contribution in [0.3, 0.4) is 0 Å². The van der Waals surface area contributed by atoms with Crippen LogP contribution in [0.4, 0.5) is 0 Å². The van der Waals surface area contributed by atoms with E-state index in [9.17, 15) is 0 Å². The van der Waals surface area contributed by atoms with Gasteiger partial charge in [0.2, 0.25) is 0 Å². The van der Waals surface area contributed by atoms with Crippen LogP contribution in [0.2, 0.25) is 0 Å². The van der Waals surface area contributed by atoms with E-state index in [1.54, 1.807) is 0 Å². The van der Waals surface area contributed by atoms with E-state index in [4.69, 9.17) is 10.0 Å². The van der Waals surface area contributed by atoms with Crippen LogP contribution in [0.25, 0.3) is 0 Å². The maximum atomic E-state index is 8.81. The summed E-state index contributed by atoms with van der Waals surface area (Å²) in [6.07, 6.45) is 0. The van der Waals surface area contributed by atoms with Crippen LogP contribution in [0.5, 0.6) is 0 Å². The third-order valence-corrected chi connectivity index (χ3v) is 0. The fourth-order valence-corrected chi connectivity index (χ4v) is 0. The summed E-state index contributed by atoms with van der Waals surface area (Å²) in [4.78, 5) is 0. The molecule has 0 unspecified atom stereocenters. The quantitative estimate of drug-likeness (QED) is 0.412. The van der Waals surface area contributed by atoms with Crippen LogP contribution in [0.1, 0.15) is 0 Å². The second kappa shape index (κ2) is 12.3. The predicted molar refractivity (Wildman–Crippen MR) is 22.4 cm³/mol. The van der Waals surface area contributed by atoms with Crippen molar-refractivity contribution in [3.05, 3.63) is 0 Å². The van der Waals surface area contributed by atoms with Gasteiger partial charge in [-0.05, 0) is 0 Å². The molecule has 0 amide bonds. The molecule has 28 valence electrons. The summed E-state index contributed by atoms with van der Waals surface area (Å²) in [5, 5.41) is 0. The van der Waals surface area contributed by atoms with Gasteiger partial charge in [-0.25, -0.2) is 0 Å². The van der Waals surface area contributed by atoms with Gasteiger partial charge in [0.1, 0.15) is 0 Å². The molecule has 2 radical (unpaired) electrons. The van der Waals surface area contributed by atoms with Crippen molar-refractivity contribution in [2.75, 3.05) is 0 Å². The summed E-state index contributed by atoms with van der Waals surface area (Å²) in [7, 11) is 0. The van der Waals surface area contributed by atoms with Crippen LogP contribution >= 0.6 is 0 Å². The first-order valence-electron chi connectivity index (χ1n) is 0.532. The van der Waals surface area contributed by atoms with E-state index in [-0.39, 0.29) is 138 Å². The standard InChI is InChI=1S/2Cs.H2O3Te/c;;1-4(2)3/h;;(H2,1,2,3). The summed E-state index contributed by atoms with van der Waals surface area (Å²) in [6, 6.07) is 0. The molecule has 0 atom stereocenters. The van der Waals surface area contributed by atoms with Crippen molar-refractivity contribution < 1.29 is 10.0 Å². The molecule has 6 heavy (non-hydrogen) atoms. The van der Waals surface area contributed by atoms with Crippen LogP contribution in [-0.4, -0.2) is 165 Å². The summed E-state index contributed by atoms with van der Waals surface area (Å²) >= 11 is -3.61. The Morgan fingerprint density at radius 2 is 1.17 bits per heavy atom. The predicted octanol–water partition coefficient (Wildman–Crippen LogP) is -2.38. The van der Waals surface area contributed by atoms with E-state index in [0.29, 0.717) is 0 Å². The smallest absolute Gasteiger partial charge is 0 e. The molecule has 6 heteroatoms. The molecule has 0 rings (SSSR count). The molecule has 0 bridgehead atoms. The van der Waals surface area contributed by atoms with Gasteiger partial charge in [0, 0.05) is 138 Å². The molecule has 0 aromatic rings. The van der Waals surface area contributed by atoms with Crippen LogP contribution < -0.4 is 0 Å². The third-order valence-electron chi connectivity index (χ3n) is 0. The van der Waals surface area contributed by atoms with Gasteiger partial charge in [0.25, 0.3) is 0 Å². The summed E-state index contributed by atoms with van der Waals surface area (Å²) in [5.41, 5.74) is 0. The zero-order valence-electron chi connectivity index (χ0n) is 3.71. The first kappa shape index (κ1) is 16.9. The zero-order valence-corrected chi connectivity index (χ0v) is 18.6. The average molecular weight is 443 g/mol. The molecule has 0 heterocycles. The minimum absolute atomic E-state index is 0. The van der Waals surface area contributed by atoms with Gasteiger partial charge < -0.3 is 0 Å². The van der Waals surface area contributed by atoms with Crippen molar-refractivity contribution >= 4 is 158 Å². The molecule has 0 aliphatic carbocycles. The summed E-state index contributed by atoms with van der Waals surface area (Å²) in [5.74, 6) is 0. The van der Waals surface area contributed by atoms with Crippen LogP contribution in [0, 0.1) is 0 Å². The molecule has 2 N–H and O–H groups in total. The Bertz CT molecular complexity index is 31.8. The number of rotatable bonds is 0. The normalized spacial score (nSPS) is 5.83. The van der Waals surface area contributed by atoms with E-state index < -0.39 is 20.4 Å². The molecular formula is H2Cs2O3Te. The van der Waals surface area contributed by atoms with Crippen LogP contribution in [0.15, 0.2) is 0 Å². The Morgan fingerprint density at radius 3 is 1.17 bits per heavy atom. The molecule has 0 saturated carbocycles. The second-order valence-electron chi connectivity index (χ2n) is 0.231. The largest absolute Gasteiger partial charge is 0 e. The molecule has 0 aliphatic heterocycles. The Labute approximate surface area is 162 Å². The van der Waals surface area contributed by atoms with Gasteiger partial charge in [0.15, 0.2) is 0 Å². The molecule has 0 aromatic heterocycles. The molecule has 0 fully saturated rings. The van der Waals surface area contributed by atoms with E-state index in [1.165, 1.54) is 0 Å². The minimum Gasteiger partial charge on any atom is 0 e. The maximum absolute atomic E-state index is 8.81. The average Bonchev–Trinajstić information content (AvgIpc) is 0.811. The maximum Gasteiger partial charge on any atom is 0 e. The van der Waals surface area contributed by atoms with Crippen molar-refractivity contribution in [3.63, 3.8) is 0 Å². The Hall–Kier alpha value is 4.61. The van der Waals surface area contributed by atoms with Gasteiger partial charge in [0.05, 0.1) is 0 Å². The molecule has 0 saturated heterocycles. The molecule has 3 nitrogen and oxygen atoms in total. The van der Waals surface area contributed by atoms with Crippen molar-refractivity contribution in [2.45, 2.75) is 0 Å². The summed E-state index contributed by atoms with van der Waals surface area (Å²) in [6.45, 7) is 0. The zero-order chi connectivity index (χ0) is 3.58. The molecular weight excluding hydrogens is 441 g/mol. The fourth-order valence-electron chi connectivity index (χ4n) is 0. The molecule has 0 aliphatic rings. The van der Waals surface area contributed by atoms with E-state index >= 15 is 0 Å². The van der Waals surface area contributed by atoms with Gasteiger partial charge in [-0.2, -0.15) is 0 Å². The van der Waals surface area contributed by atoms with Gasteiger partial charge >= 0.3 is 30.4 Å². The fraction of sp³-hybridized carbons (Fsp3) is 0. The number of hydrogen-bond donors (Lipinski definition) is 2. The van der Waals surface area contributed by atoms with E-state index in [2.05, 4.69) is 0 Å². The SMILES string of the molecule is O=[Te](O)O.[Cs].[Cs]. The van der Waals surface area contributed by atoms with Crippen LogP contribution in [-0.2, 0) is 3.10 Å². The topological polar surface area (TPSA) is 57.5 Å². The Kier molecular flexibility index (Phi) is 34.7. The van der Waals surface area contributed by atoms with Crippen molar-refractivity contribution in [3.8, 4) is 0 Å². The Balaban J connectivity index is -0.0000000450. The monoisotopic (exact) mass is 446 g/mol. The number of hydrogen-bond acceptors (Lipinski definition) is 1. The molecule has 0 spiro atoms. The minimum atomic E-state index is -3.61. The van der Waals surface area contributed by atoms with Gasteiger partial charge in [-0.3, -0.25) is 0 Å². The van der Waals surface area contributed by atoms with E-state index in [0.717, 1.165) is 0 Å². The first-order valence-corrected chi connectivity index (χ1v) is 3.57. The van der Waals surface area contributed by atoms with Crippen molar-refractivity contribution in [2.24, 2.45) is 0 Å². The van der Waals surface area contributed by atoms with Gasteiger partial charge in [-0.15, -0.1) is 0 Å². The van der Waals surface area contributed by atoms with E-state index in [1.807, 2.05) is 0 Å². The summed E-state index contributed by atoms with van der Waals surface area (Å²) < 4.78 is 23.3. The first-order chi connectivity index (χ1) is 1.73. The third kappa shape index (κ3) is 23.5. The Morgan fingerprint density at radius 1 is 1.17 bits per heavy atom. The molecule has 0 aromatic carbocycles. The van der Waals surface area contributed by atoms with Crippen molar-refractivity contribution in [1.29, 1.82) is 0 Å².